The van der Waals surface area contributed by atoms with Crippen molar-refractivity contribution in [2.45, 2.75) is 48.0 Å². The topological polar surface area (TPSA) is 35.5 Å². The van der Waals surface area contributed by atoms with Crippen LogP contribution in [0.25, 0.3) is 0 Å². The maximum atomic E-state index is 11.6. The first kappa shape index (κ1) is 13.4. The highest BCUT2D eigenvalue weighted by Gasteiger charge is 2.34. The largest absolute Gasteiger partial charge is 0.347 e. The minimum Gasteiger partial charge on any atom is -0.298 e. The minimum absolute atomic E-state index is 0.106. The fourth-order valence-corrected chi connectivity index (χ4v) is 1.62. The number of hydrogen-bond donors (Lipinski definition) is 0. The van der Waals surface area contributed by atoms with E-state index in [1.165, 1.54) is 0 Å². The van der Waals surface area contributed by atoms with Gasteiger partial charge in [-0.25, -0.2) is 4.79 Å². The summed E-state index contributed by atoms with van der Waals surface area (Å²) < 4.78 is 0. The molecule has 0 aromatic carbocycles. The van der Waals surface area contributed by atoms with E-state index in [1.807, 2.05) is 13.8 Å². The average Bonchev–Trinajstić information content (AvgIpc) is 1.95. The summed E-state index contributed by atoms with van der Waals surface area (Å²) in [6.07, 6.45) is 0.770. The first-order valence-electron chi connectivity index (χ1n) is 5.03. The van der Waals surface area contributed by atoms with Gasteiger partial charge in [-0.3, -0.25) is 4.89 Å². The molecule has 0 rings (SSSR count). The van der Waals surface area contributed by atoms with Crippen molar-refractivity contribution in [1.82, 2.24) is 0 Å². The van der Waals surface area contributed by atoms with E-state index in [0.717, 1.165) is 6.42 Å². The molecule has 3 heteroatoms. The van der Waals surface area contributed by atoms with Crippen molar-refractivity contribution in [3.8, 4) is 0 Å². The Kier molecular flexibility index (Phi) is 4.59. The summed E-state index contributed by atoms with van der Waals surface area (Å²) >= 11 is 0. The summed E-state index contributed by atoms with van der Waals surface area (Å²) in [5, 5.41) is 0. The highest BCUT2D eigenvalue weighted by Crippen LogP contribution is 2.34. The molecule has 3 nitrogen and oxygen atoms in total. The number of carbonyl (C=O) groups is 1. The van der Waals surface area contributed by atoms with Gasteiger partial charge in [-0.2, -0.15) is 4.89 Å². The normalized spacial score (nSPS) is 12.7. The Bertz CT molecular complexity index is 189. The van der Waals surface area contributed by atoms with Gasteiger partial charge < -0.3 is 0 Å². The molecule has 0 aliphatic heterocycles. The van der Waals surface area contributed by atoms with Crippen molar-refractivity contribution in [2.24, 2.45) is 10.8 Å². The Morgan fingerprint density at radius 1 is 1.14 bits per heavy atom. The van der Waals surface area contributed by atoms with Crippen LogP contribution in [0.15, 0.2) is 0 Å². The van der Waals surface area contributed by atoms with E-state index in [2.05, 4.69) is 30.5 Å². The van der Waals surface area contributed by atoms with Crippen LogP contribution in [0.2, 0.25) is 0 Å². The smallest absolute Gasteiger partial charge is 0.298 e. The monoisotopic (exact) mass is 202 g/mol. The molecule has 0 unspecified atom stereocenters. The highest BCUT2D eigenvalue weighted by atomic mass is 17.2. The zero-order chi connectivity index (χ0) is 11.4. The van der Waals surface area contributed by atoms with Crippen LogP contribution in [0.4, 0.5) is 0 Å². The average molecular weight is 202 g/mol. The molecule has 0 spiro atoms. The van der Waals surface area contributed by atoms with Crippen LogP contribution < -0.4 is 0 Å². The van der Waals surface area contributed by atoms with Crippen LogP contribution >= 0.6 is 0 Å². The summed E-state index contributed by atoms with van der Waals surface area (Å²) in [5.41, 5.74) is -0.387. The fraction of sp³-hybridized carbons (Fsp3) is 0.909. The molecule has 0 saturated carbocycles. The molecule has 0 aliphatic rings. The van der Waals surface area contributed by atoms with Gasteiger partial charge in [-0.05, 0) is 32.6 Å². The van der Waals surface area contributed by atoms with Crippen molar-refractivity contribution < 1.29 is 14.6 Å². The number of hydrogen-bond acceptors (Lipinski definition) is 3. The van der Waals surface area contributed by atoms with E-state index in [0.29, 0.717) is 6.61 Å². The standard InChI is InChI=1S/C11H22O3/c1-7-13-14-9(12)11(5,6)8-10(2,3)4/h7-8H2,1-6H3. The Balaban J connectivity index is 4.23. The van der Waals surface area contributed by atoms with Gasteiger partial charge in [0.15, 0.2) is 0 Å². The third kappa shape index (κ3) is 5.22. The third-order valence-corrected chi connectivity index (χ3v) is 1.78. The van der Waals surface area contributed by atoms with Crippen LogP contribution in [0.3, 0.4) is 0 Å². The van der Waals surface area contributed by atoms with Crippen molar-refractivity contribution >= 4 is 5.97 Å². The second kappa shape index (κ2) is 4.78. The van der Waals surface area contributed by atoms with Gasteiger partial charge in [-0.1, -0.05) is 20.8 Å². The van der Waals surface area contributed by atoms with Crippen molar-refractivity contribution in [3.63, 3.8) is 0 Å². The van der Waals surface area contributed by atoms with E-state index in [4.69, 9.17) is 0 Å². The first-order chi connectivity index (χ1) is 6.19. The molecule has 0 radical (unpaired) electrons. The van der Waals surface area contributed by atoms with E-state index in [9.17, 15) is 4.79 Å². The second-order valence-electron chi connectivity index (χ2n) is 5.40. The second-order valence-corrected chi connectivity index (χ2v) is 5.40. The molecule has 0 fully saturated rings. The molecule has 0 aliphatic carbocycles. The maximum Gasteiger partial charge on any atom is 0.347 e. The van der Waals surface area contributed by atoms with Crippen molar-refractivity contribution in [1.29, 1.82) is 0 Å². The third-order valence-electron chi connectivity index (χ3n) is 1.78. The Labute approximate surface area is 86.7 Å². The van der Waals surface area contributed by atoms with Crippen LogP contribution in [-0.4, -0.2) is 12.6 Å². The van der Waals surface area contributed by atoms with Gasteiger partial charge in [-0.15, -0.1) is 0 Å². The first-order valence-corrected chi connectivity index (χ1v) is 5.03. The van der Waals surface area contributed by atoms with Crippen LogP contribution in [0.1, 0.15) is 48.0 Å². The van der Waals surface area contributed by atoms with Crippen LogP contribution in [0.5, 0.6) is 0 Å². The van der Waals surface area contributed by atoms with E-state index in [1.54, 1.807) is 6.92 Å². The Morgan fingerprint density at radius 2 is 1.64 bits per heavy atom. The minimum atomic E-state index is -0.493. The number of rotatable bonds is 4. The van der Waals surface area contributed by atoms with Crippen molar-refractivity contribution in [2.75, 3.05) is 6.61 Å². The van der Waals surface area contributed by atoms with Gasteiger partial charge in [0.2, 0.25) is 0 Å². The van der Waals surface area contributed by atoms with Crippen LogP contribution in [0, 0.1) is 10.8 Å². The molecule has 84 valence electrons. The lowest BCUT2D eigenvalue weighted by atomic mass is 9.76. The van der Waals surface area contributed by atoms with Gasteiger partial charge in [0.05, 0.1) is 12.0 Å². The lowest BCUT2D eigenvalue weighted by Gasteiger charge is -2.29. The zero-order valence-corrected chi connectivity index (χ0v) is 10.1. The van der Waals surface area contributed by atoms with E-state index >= 15 is 0 Å². The van der Waals surface area contributed by atoms with Gasteiger partial charge >= 0.3 is 5.97 Å². The van der Waals surface area contributed by atoms with Crippen molar-refractivity contribution in [3.05, 3.63) is 0 Å². The molecule has 0 saturated heterocycles. The molecule has 0 aromatic heterocycles. The molecule has 0 N–H and O–H groups in total. The summed E-state index contributed by atoms with van der Waals surface area (Å²) in [4.78, 5) is 20.9. The van der Waals surface area contributed by atoms with Gasteiger partial charge in [0.25, 0.3) is 0 Å². The summed E-state index contributed by atoms with van der Waals surface area (Å²) in [7, 11) is 0. The molecule has 14 heavy (non-hydrogen) atoms. The molecule has 0 amide bonds. The molecular formula is C11H22O3. The SMILES string of the molecule is CCOOC(=O)C(C)(C)CC(C)(C)C. The zero-order valence-electron chi connectivity index (χ0n) is 10.1. The van der Waals surface area contributed by atoms with E-state index < -0.39 is 5.41 Å². The summed E-state index contributed by atoms with van der Waals surface area (Å²) in [6, 6.07) is 0. The predicted octanol–water partition coefficient (Wildman–Crippen LogP) is 2.94. The van der Waals surface area contributed by atoms with Gasteiger partial charge in [0.1, 0.15) is 0 Å². The van der Waals surface area contributed by atoms with Crippen LogP contribution in [-0.2, 0) is 14.6 Å². The van der Waals surface area contributed by atoms with E-state index in [-0.39, 0.29) is 11.4 Å². The van der Waals surface area contributed by atoms with Gasteiger partial charge in [0, 0.05) is 0 Å². The predicted molar refractivity (Wildman–Crippen MR) is 55.6 cm³/mol. The Hall–Kier alpha value is -0.570. The highest BCUT2D eigenvalue weighted by molar-refractivity contribution is 5.75. The summed E-state index contributed by atoms with van der Waals surface area (Å²) in [6.45, 7) is 12.2. The fourth-order valence-electron chi connectivity index (χ4n) is 1.62. The molecule has 0 aromatic rings. The maximum absolute atomic E-state index is 11.6. The molecular weight excluding hydrogens is 180 g/mol. The quantitative estimate of drug-likeness (QED) is 0.519. The molecule has 0 heterocycles. The number of carbonyl (C=O) groups excluding carboxylic acids is 1. The molecule has 0 bridgehead atoms. The summed E-state index contributed by atoms with van der Waals surface area (Å²) in [5.74, 6) is -0.297. The Morgan fingerprint density at radius 3 is 2.00 bits per heavy atom. The molecule has 0 atom stereocenters. The lowest BCUT2D eigenvalue weighted by molar-refractivity contribution is -0.278. The lowest BCUT2D eigenvalue weighted by Crippen LogP contribution is -2.31.